The van der Waals surface area contributed by atoms with E-state index in [4.69, 9.17) is 19.0 Å². The number of hydrogen-bond donors (Lipinski definition) is 3. The summed E-state index contributed by atoms with van der Waals surface area (Å²) in [7, 11) is 0. The van der Waals surface area contributed by atoms with Gasteiger partial charge in [-0.3, -0.25) is 14.4 Å². The number of carboxylic acids is 1. The highest BCUT2D eigenvalue weighted by molar-refractivity contribution is 5.97. The van der Waals surface area contributed by atoms with Gasteiger partial charge in [0.15, 0.2) is 11.2 Å². The van der Waals surface area contributed by atoms with Crippen LogP contribution in [0.2, 0.25) is 0 Å². The second-order valence-electron chi connectivity index (χ2n) is 8.56. The molecule has 3 rings (SSSR count). The maximum Gasteiger partial charge on any atom is 0.303 e. The summed E-state index contributed by atoms with van der Waals surface area (Å²) in [5, 5.41) is 30.1. The number of benzene rings is 2. The number of aromatic hydroxyl groups is 1. The number of aliphatic hydroxyl groups is 1. The van der Waals surface area contributed by atoms with Crippen LogP contribution in [0, 0.1) is 6.92 Å². The zero-order chi connectivity index (χ0) is 26.4. The quantitative estimate of drug-likeness (QED) is 0.318. The van der Waals surface area contributed by atoms with E-state index in [-0.39, 0.29) is 54.3 Å². The zero-order valence-corrected chi connectivity index (χ0v) is 20.5. The summed E-state index contributed by atoms with van der Waals surface area (Å²) in [6.45, 7) is 4.80. The highest BCUT2D eigenvalue weighted by Gasteiger charge is 2.18. The summed E-state index contributed by atoms with van der Waals surface area (Å²) in [4.78, 5) is 35.0. The highest BCUT2D eigenvalue weighted by atomic mass is 16.5. The number of rotatable bonds is 12. The first-order valence-electron chi connectivity index (χ1n) is 11.7. The summed E-state index contributed by atoms with van der Waals surface area (Å²) in [5.41, 5.74) is 1.31. The van der Waals surface area contributed by atoms with Gasteiger partial charge in [0.25, 0.3) is 0 Å². The molecule has 1 aromatic heterocycles. The number of hydrogen-bond acceptors (Lipinski definition) is 8. The molecule has 0 aliphatic heterocycles. The lowest BCUT2D eigenvalue weighted by atomic mass is 10.0. The maximum atomic E-state index is 12.4. The van der Waals surface area contributed by atoms with E-state index in [1.54, 1.807) is 25.1 Å². The average Bonchev–Trinajstić information content (AvgIpc) is 2.82. The lowest BCUT2D eigenvalue weighted by Crippen LogP contribution is -2.25. The van der Waals surface area contributed by atoms with E-state index >= 15 is 0 Å². The molecule has 1 heterocycles. The molecule has 3 aromatic rings. The molecule has 9 nitrogen and oxygen atoms in total. The van der Waals surface area contributed by atoms with Crippen molar-refractivity contribution in [2.75, 3.05) is 13.2 Å². The molecule has 0 aliphatic rings. The molecule has 2 aromatic carbocycles. The summed E-state index contributed by atoms with van der Waals surface area (Å²) in [6.07, 6.45) is 0.143. The molecule has 0 radical (unpaired) electrons. The number of ketones is 1. The van der Waals surface area contributed by atoms with E-state index in [2.05, 4.69) is 0 Å². The van der Waals surface area contributed by atoms with Crippen molar-refractivity contribution >= 4 is 22.7 Å². The van der Waals surface area contributed by atoms with Crippen LogP contribution in [-0.2, 0) is 17.6 Å². The highest BCUT2D eigenvalue weighted by Crippen LogP contribution is 2.33. The van der Waals surface area contributed by atoms with Gasteiger partial charge in [0.05, 0.1) is 17.4 Å². The first-order chi connectivity index (χ1) is 17.1. The first kappa shape index (κ1) is 26.7. The molecule has 0 spiro atoms. The Morgan fingerprint density at radius 2 is 1.72 bits per heavy atom. The normalized spacial score (nSPS) is 11.9. The molecule has 0 amide bonds. The number of Topliss-reactive ketones (excluding diaryl/α,β-unsaturated/α-hetero) is 1. The monoisotopic (exact) mass is 498 g/mol. The Morgan fingerprint density at radius 1 is 1.06 bits per heavy atom. The number of aryl methyl sites for hydroxylation is 2. The topological polar surface area (TPSA) is 144 Å². The Hall–Kier alpha value is -3.85. The first-order valence-corrected chi connectivity index (χ1v) is 11.7. The van der Waals surface area contributed by atoms with Gasteiger partial charge >= 0.3 is 5.97 Å². The second kappa shape index (κ2) is 11.7. The Balaban J connectivity index is 1.70. The van der Waals surface area contributed by atoms with Crippen molar-refractivity contribution in [3.05, 3.63) is 63.0 Å². The largest absolute Gasteiger partial charge is 0.507 e. The molecule has 36 heavy (non-hydrogen) atoms. The number of carbonyl (C=O) groups is 2. The number of aliphatic carboxylic acids is 1. The number of phenols is 1. The molecule has 1 atom stereocenters. The zero-order valence-electron chi connectivity index (χ0n) is 20.5. The Labute approximate surface area is 207 Å². The van der Waals surface area contributed by atoms with Gasteiger partial charge in [-0.05, 0) is 44.5 Å². The van der Waals surface area contributed by atoms with E-state index in [1.807, 2.05) is 6.92 Å². The molecule has 3 N–H and O–H groups in total. The smallest absolute Gasteiger partial charge is 0.303 e. The van der Waals surface area contributed by atoms with Crippen molar-refractivity contribution in [1.29, 1.82) is 0 Å². The summed E-state index contributed by atoms with van der Waals surface area (Å²) >= 11 is 0. The van der Waals surface area contributed by atoms with Gasteiger partial charge < -0.3 is 29.2 Å². The van der Waals surface area contributed by atoms with E-state index in [1.165, 1.54) is 19.1 Å². The molecule has 0 aliphatic carbocycles. The van der Waals surface area contributed by atoms with Gasteiger partial charge in [0.1, 0.15) is 47.9 Å². The SMILES string of the molecule is CCCc1c(OCC(O)COc2ccc3c(=O)cc(CCC(=O)O)oc3c2C)ccc(C(C)=O)c1O. The lowest BCUT2D eigenvalue weighted by molar-refractivity contribution is -0.137. The number of carbonyl (C=O) groups excluding carboxylic acids is 1. The van der Waals surface area contributed by atoms with Crippen molar-refractivity contribution in [2.45, 2.75) is 52.6 Å². The Morgan fingerprint density at radius 3 is 2.36 bits per heavy atom. The van der Waals surface area contributed by atoms with Crippen LogP contribution in [0.1, 0.15) is 53.9 Å². The molecular weight excluding hydrogens is 468 g/mol. The third-order valence-corrected chi connectivity index (χ3v) is 5.71. The maximum absolute atomic E-state index is 12.4. The lowest BCUT2D eigenvalue weighted by Gasteiger charge is -2.18. The number of carboxylic acid groups (broad SMARTS) is 1. The predicted octanol–water partition coefficient (Wildman–Crippen LogP) is 3.80. The molecule has 0 saturated heterocycles. The standard InChI is InChI=1S/C27H30O9/c1-4-5-21-24(10-7-19(16(3)28)26(21)33)35-14-17(29)13-34-23-9-8-20-22(30)12-18(6-11-25(31)32)36-27(20)15(23)2/h7-10,12,17,29,33H,4-6,11,13-14H2,1-3H3,(H,31,32). The van der Waals surface area contributed by atoms with Crippen LogP contribution >= 0.6 is 0 Å². The fourth-order valence-electron chi connectivity index (χ4n) is 3.84. The van der Waals surface area contributed by atoms with Crippen LogP contribution in [0.3, 0.4) is 0 Å². The van der Waals surface area contributed by atoms with E-state index in [9.17, 15) is 24.6 Å². The summed E-state index contributed by atoms with van der Waals surface area (Å²) < 4.78 is 17.2. The second-order valence-corrected chi connectivity index (χ2v) is 8.56. The minimum Gasteiger partial charge on any atom is -0.507 e. The molecular formula is C27H30O9. The van der Waals surface area contributed by atoms with Crippen LogP contribution < -0.4 is 14.9 Å². The summed E-state index contributed by atoms with van der Waals surface area (Å²) in [5.74, 6) is -0.296. The van der Waals surface area contributed by atoms with Gasteiger partial charge in [0, 0.05) is 23.6 Å². The molecule has 192 valence electrons. The Bertz CT molecular complexity index is 1320. The van der Waals surface area contributed by atoms with Gasteiger partial charge in [0.2, 0.25) is 0 Å². The molecule has 1 unspecified atom stereocenters. The van der Waals surface area contributed by atoms with Crippen molar-refractivity contribution in [3.8, 4) is 17.2 Å². The van der Waals surface area contributed by atoms with Gasteiger partial charge in [-0.1, -0.05) is 13.3 Å². The van der Waals surface area contributed by atoms with Crippen molar-refractivity contribution in [1.82, 2.24) is 0 Å². The minimum absolute atomic E-state index is 0.0874. The summed E-state index contributed by atoms with van der Waals surface area (Å²) in [6, 6.07) is 7.55. The predicted molar refractivity (Wildman–Crippen MR) is 132 cm³/mol. The number of phenolic OH excluding ortho intramolecular Hbond substituents is 1. The third-order valence-electron chi connectivity index (χ3n) is 5.71. The van der Waals surface area contributed by atoms with E-state index in [0.717, 1.165) is 6.42 Å². The fourth-order valence-corrected chi connectivity index (χ4v) is 3.84. The number of fused-ring (bicyclic) bond motifs is 1. The molecule has 0 bridgehead atoms. The van der Waals surface area contributed by atoms with Crippen LogP contribution in [0.4, 0.5) is 0 Å². The number of ether oxygens (including phenoxy) is 2. The van der Waals surface area contributed by atoms with E-state index < -0.39 is 12.1 Å². The minimum atomic E-state index is -1.02. The van der Waals surface area contributed by atoms with Crippen molar-refractivity contribution in [3.63, 3.8) is 0 Å². The third kappa shape index (κ3) is 6.23. The van der Waals surface area contributed by atoms with Crippen LogP contribution in [-0.4, -0.2) is 46.4 Å². The van der Waals surface area contributed by atoms with Crippen molar-refractivity contribution < 1.29 is 38.8 Å². The van der Waals surface area contributed by atoms with Gasteiger partial charge in [-0.25, -0.2) is 0 Å². The average molecular weight is 499 g/mol. The Kier molecular flexibility index (Phi) is 8.71. The van der Waals surface area contributed by atoms with Crippen LogP contribution in [0.25, 0.3) is 11.0 Å². The molecule has 0 saturated carbocycles. The molecule has 9 heteroatoms. The van der Waals surface area contributed by atoms with Crippen molar-refractivity contribution in [2.24, 2.45) is 0 Å². The molecule has 0 fully saturated rings. The fraction of sp³-hybridized carbons (Fsp3) is 0.370. The van der Waals surface area contributed by atoms with Gasteiger partial charge in [-0.15, -0.1) is 0 Å². The number of aliphatic hydroxyl groups excluding tert-OH is 1. The van der Waals surface area contributed by atoms with Gasteiger partial charge in [-0.2, -0.15) is 0 Å². The van der Waals surface area contributed by atoms with Crippen LogP contribution in [0.15, 0.2) is 39.5 Å². The van der Waals surface area contributed by atoms with E-state index in [0.29, 0.717) is 40.0 Å². The van der Waals surface area contributed by atoms with Crippen LogP contribution in [0.5, 0.6) is 17.2 Å².